The van der Waals surface area contributed by atoms with Crippen LogP contribution in [0.3, 0.4) is 0 Å². The van der Waals surface area contributed by atoms with Crippen molar-refractivity contribution in [2.75, 3.05) is 13.2 Å². The Bertz CT molecular complexity index is 284. The van der Waals surface area contributed by atoms with Crippen LogP contribution in [0.4, 0.5) is 4.79 Å². The summed E-state index contributed by atoms with van der Waals surface area (Å²) in [7, 11) is 0. The lowest BCUT2D eigenvalue weighted by Gasteiger charge is -2.46. The van der Waals surface area contributed by atoms with E-state index in [1.165, 1.54) is 0 Å². The summed E-state index contributed by atoms with van der Waals surface area (Å²) in [5.41, 5.74) is -0.138. The highest BCUT2D eigenvalue weighted by Crippen LogP contribution is 2.45. The number of carbonyl (C=O) groups is 1. The van der Waals surface area contributed by atoms with E-state index in [2.05, 4.69) is 19.2 Å². The van der Waals surface area contributed by atoms with Crippen LogP contribution < -0.4 is 5.32 Å². The van der Waals surface area contributed by atoms with Crippen molar-refractivity contribution in [2.45, 2.75) is 44.9 Å². The van der Waals surface area contributed by atoms with Gasteiger partial charge in [0.2, 0.25) is 0 Å². The van der Waals surface area contributed by atoms with Crippen molar-refractivity contribution in [3.63, 3.8) is 0 Å². The minimum Gasteiger partial charge on any atom is -0.465 e. The first-order valence-corrected chi connectivity index (χ1v) is 5.71. The highest BCUT2D eigenvalue weighted by molar-refractivity contribution is 5.65. The summed E-state index contributed by atoms with van der Waals surface area (Å²) < 4.78 is 11.3. The van der Waals surface area contributed by atoms with Gasteiger partial charge in [-0.15, -0.1) is 0 Å². The van der Waals surface area contributed by atoms with Gasteiger partial charge in [-0.05, 0) is 11.8 Å². The van der Waals surface area contributed by atoms with Crippen molar-refractivity contribution in [2.24, 2.45) is 5.41 Å². The third-order valence-corrected chi connectivity index (χ3v) is 3.59. The minimum absolute atomic E-state index is 0.0246. The number of ether oxygens (including phenoxy) is 2. The standard InChI is InChI=1S/C11H19NO4/c1-10(2)7-11(15-5-6-16-11)4-3-8(10)12-9(13)14/h8,12H,3-7H2,1-2H3,(H,13,14). The molecule has 0 bridgehead atoms. The van der Waals surface area contributed by atoms with E-state index in [0.29, 0.717) is 13.2 Å². The Balaban J connectivity index is 2.05. The van der Waals surface area contributed by atoms with Crippen LogP contribution in [-0.2, 0) is 9.47 Å². The normalized spacial score (nSPS) is 31.5. The molecule has 16 heavy (non-hydrogen) atoms. The van der Waals surface area contributed by atoms with Gasteiger partial charge in [0.15, 0.2) is 5.79 Å². The predicted octanol–water partition coefficient (Wildman–Crippen LogP) is 1.58. The van der Waals surface area contributed by atoms with Gasteiger partial charge in [-0.3, -0.25) is 0 Å². The van der Waals surface area contributed by atoms with Crippen molar-refractivity contribution >= 4 is 6.09 Å². The second-order valence-corrected chi connectivity index (χ2v) is 5.31. The molecule has 1 unspecified atom stereocenters. The van der Waals surface area contributed by atoms with Gasteiger partial charge < -0.3 is 19.9 Å². The quantitative estimate of drug-likeness (QED) is 0.716. The van der Waals surface area contributed by atoms with Crippen molar-refractivity contribution in [1.82, 2.24) is 5.32 Å². The smallest absolute Gasteiger partial charge is 0.404 e. The molecule has 0 aromatic rings. The van der Waals surface area contributed by atoms with E-state index in [-0.39, 0.29) is 11.5 Å². The minimum atomic E-state index is -0.956. The fraction of sp³-hybridized carbons (Fsp3) is 0.909. The first-order chi connectivity index (χ1) is 7.44. The Hall–Kier alpha value is -0.810. The third kappa shape index (κ3) is 2.15. The monoisotopic (exact) mass is 229 g/mol. The summed E-state index contributed by atoms with van der Waals surface area (Å²) in [5, 5.41) is 11.4. The maximum atomic E-state index is 10.7. The number of amides is 1. The number of hydrogen-bond donors (Lipinski definition) is 2. The average molecular weight is 229 g/mol. The molecular weight excluding hydrogens is 210 g/mol. The Kier molecular flexibility index (Phi) is 2.84. The molecule has 2 rings (SSSR count). The largest absolute Gasteiger partial charge is 0.465 e. The molecule has 1 aliphatic heterocycles. The summed E-state index contributed by atoms with van der Waals surface area (Å²) in [4.78, 5) is 10.7. The van der Waals surface area contributed by atoms with E-state index in [1.54, 1.807) is 0 Å². The number of rotatable bonds is 1. The van der Waals surface area contributed by atoms with Gasteiger partial charge in [0, 0.05) is 18.9 Å². The Labute approximate surface area is 95.1 Å². The van der Waals surface area contributed by atoms with Gasteiger partial charge in [-0.2, -0.15) is 0 Å². The molecule has 1 saturated carbocycles. The molecule has 2 N–H and O–H groups in total. The van der Waals surface area contributed by atoms with Crippen molar-refractivity contribution in [3.05, 3.63) is 0 Å². The molecule has 1 saturated heterocycles. The molecule has 92 valence electrons. The van der Waals surface area contributed by atoms with Crippen LogP contribution in [0, 0.1) is 5.41 Å². The number of hydrogen-bond acceptors (Lipinski definition) is 3. The SMILES string of the molecule is CC1(C)CC2(CCC1NC(=O)O)OCCO2. The average Bonchev–Trinajstić information content (AvgIpc) is 2.58. The highest BCUT2D eigenvalue weighted by atomic mass is 16.7. The fourth-order valence-corrected chi connectivity index (χ4v) is 2.82. The van der Waals surface area contributed by atoms with Crippen molar-refractivity contribution < 1.29 is 19.4 Å². The van der Waals surface area contributed by atoms with Gasteiger partial charge in [-0.25, -0.2) is 4.79 Å². The van der Waals surface area contributed by atoms with Gasteiger partial charge in [0.25, 0.3) is 0 Å². The highest BCUT2D eigenvalue weighted by Gasteiger charge is 2.49. The maximum absolute atomic E-state index is 10.7. The summed E-state index contributed by atoms with van der Waals surface area (Å²) >= 11 is 0. The molecule has 5 heteroatoms. The summed E-state index contributed by atoms with van der Waals surface area (Å²) in [6.07, 6.45) is 1.31. The van der Waals surface area contributed by atoms with Gasteiger partial charge in [0.05, 0.1) is 13.2 Å². The second kappa shape index (κ2) is 3.89. The topological polar surface area (TPSA) is 67.8 Å². The molecule has 1 atom stereocenters. The van der Waals surface area contributed by atoms with E-state index in [0.717, 1.165) is 19.3 Å². The molecular formula is C11H19NO4. The van der Waals surface area contributed by atoms with Gasteiger partial charge in [0.1, 0.15) is 0 Å². The Morgan fingerprint density at radius 2 is 2.00 bits per heavy atom. The molecule has 0 aromatic carbocycles. The molecule has 0 aromatic heterocycles. The summed E-state index contributed by atoms with van der Waals surface area (Å²) in [6, 6.07) is -0.0246. The van der Waals surface area contributed by atoms with Crippen LogP contribution in [0.25, 0.3) is 0 Å². The Morgan fingerprint density at radius 1 is 1.38 bits per heavy atom. The van der Waals surface area contributed by atoms with Gasteiger partial charge >= 0.3 is 6.09 Å². The lowest BCUT2D eigenvalue weighted by molar-refractivity contribution is -0.202. The zero-order valence-electron chi connectivity index (χ0n) is 9.78. The molecule has 2 fully saturated rings. The van der Waals surface area contributed by atoms with E-state index in [9.17, 15) is 4.79 Å². The lowest BCUT2D eigenvalue weighted by Crippen LogP contribution is -2.53. The summed E-state index contributed by atoms with van der Waals surface area (Å²) in [6.45, 7) is 5.40. The van der Waals surface area contributed by atoms with Crippen LogP contribution in [0.2, 0.25) is 0 Å². The van der Waals surface area contributed by atoms with Crippen LogP contribution in [0.1, 0.15) is 33.1 Å². The van der Waals surface area contributed by atoms with E-state index in [4.69, 9.17) is 14.6 Å². The zero-order valence-corrected chi connectivity index (χ0v) is 9.78. The van der Waals surface area contributed by atoms with Crippen molar-refractivity contribution in [3.8, 4) is 0 Å². The predicted molar refractivity (Wildman–Crippen MR) is 57.2 cm³/mol. The molecule has 1 amide bonds. The first-order valence-electron chi connectivity index (χ1n) is 5.71. The summed E-state index contributed by atoms with van der Waals surface area (Å²) in [5.74, 6) is -0.458. The number of nitrogens with one attached hydrogen (secondary N) is 1. The van der Waals surface area contributed by atoms with Crippen LogP contribution in [0.15, 0.2) is 0 Å². The maximum Gasteiger partial charge on any atom is 0.404 e. The molecule has 2 aliphatic rings. The molecule has 5 nitrogen and oxygen atoms in total. The van der Waals surface area contributed by atoms with Crippen LogP contribution >= 0.6 is 0 Å². The Morgan fingerprint density at radius 3 is 2.50 bits per heavy atom. The second-order valence-electron chi connectivity index (χ2n) is 5.31. The van der Waals surface area contributed by atoms with Gasteiger partial charge in [-0.1, -0.05) is 13.8 Å². The van der Waals surface area contributed by atoms with Crippen molar-refractivity contribution in [1.29, 1.82) is 0 Å². The lowest BCUT2D eigenvalue weighted by atomic mass is 9.70. The zero-order chi connectivity index (χ0) is 11.8. The van der Waals surface area contributed by atoms with Crippen LogP contribution in [-0.4, -0.2) is 36.2 Å². The molecule has 1 heterocycles. The fourth-order valence-electron chi connectivity index (χ4n) is 2.82. The number of carboxylic acid groups (broad SMARTS) is 1. The van der Waals surface area contributed by atoms with E-state index >= 15 is 0 Å². The first kappa shape index (κ1) is 11.7. The van der Waals surface area contributed by atoms with E-state index in [1.807, 2.05) is 0 Å². The third-order valence-electron chi connectivity index (χ3n) is 3.59. The van der Waals surface area contributed by atoms with Crippen LogP contribution in [0.5, 0.6) is 0 Å². The van der Waals surface area contributed by atoms with E-state index < -0.39 is 11.9 Å². The molecule has 0 radical (unpaired) electrons. The molecule has 1 spiro atoms. The molecule has 1 aliphatic carbocycles.